The molecule has 1 N–H and O–H groups in total. The van der Waals surface area contributed by atoms with Crippen LogP contribution < -0.4 is 15.2 Å². The minimum atomic E-state index is -0.533. The van der Waals surface area contributed by atoms with Crippen LogP contribution in [-0.4, -0.2) is 9.97 Å². The zero-order valence-corrected chi connectivity index (χ0v) is 11.0. The Balaban J connectivity index is 1.85. The van der Waals surface area contributed by atoms with Gasteiger partial charge in [0.25, 0.3) is 0 Å². The summed E-state index contributed by atoms with van der Waals surface area (Å²) in [5.74, 6) is 1.66. The molecule has 2 aromatic carbocycles. The van der Waals surface area contributed by atoms with Gasteiger partial charge in [-0.1, -0.05) is 36.4 Å². The van der Waals surface area contributed by atoms with Crippen LogP contribution in [0, 0.1) is 0 Å². The van der Waals surface area contributed by atoms with Gasteiger partial charge in [0.15, 0.2) is 0 Å². The molecule has 0 aliphatic carbocycles. The Bertz CT molecular complexity index is 708. The first-order valence-corrected chi connectivity index (χ1v) is 6.37. The van der Waals surface area contributed by atoms with Crippen LogP contribution in [0.3, 0.4) is 0 Å². The fourth-order valence-electron chi connectivity index (χ4n) is 1.75. The molecule has 0 saturated carbocycles. The highest BCUT2D eigenvalue weighted by atomic mass is 16.5. The predicted octanol–water partition coefficient (Wildman–Crippen LogP) is 3.35. The van der Waals surface area contributed by atoms with E-state index in [9.17, 15) is 4.79 Å². The second-order valence-corrected chi connectivity index (χ2v) is 4.22. The van der Waals surface area contributed by atoms with Crippen LogP contribution in [0.1, 0.15) is 0 Å². The monoisotopic (exact) mass is 280 g/mol. The van der Waals surface area contributed by atoms with Crippen molar-refractivity contribution >= 4 is 0 Å². The summed E-state index contributed by atoms with van der Waals surface area (Å²) in [6, 6.07) is 19.8. The van der Waals surface area contributed by atoms with Crippen molar-refractivity contribution in [2.75, 3.05) is 0 Å². The molecule has 5 heteroatoms. The normalized spacial score (nSPS) is 10.1. The van der Waals surface area contributed by atoms with Gasteiger partial charge < -0.3 is 9.47 Å². The summed E-state index contributed by atoms with van der Waals surface area (Å²) in [5, 5.41) is 0. The number of benzene rings is 2. The number of aromatic nitrogens is 2. The molecule has 1 aromatic heterocycles. The fourth-order valence-corrected chi connectivity index (χ4v) is 1.75. The van der Waals surface area contributed by atoms with Crippen LogP contribution in [0.15, 0.2) is 71.5 Å². The predicted molar refractivity (Wildman–Crippen MR) is 77.9 cm³/mol. The largest absolute Gasteiger partial charge is 0.441 e. The number of ether oxygens (including phenoxy) is 2. The Labute approximate surface area is 120 Å². The molecule has 1 heterocycles. The molecular weight excluding hydrogens is 268 g/mol. The van der Waals surface area contributed by atoms with E-state index < -0.39 is 5.69 Å². The molecule has 0 radical (unpaired) electrons. The summed E-state index contributed by atoms with van der Waals surface area (Å²) in [7, 11) is 0. The molecule has 0 saturated heterocycles. The minimum Gasteiger partial charge on any atom is -0.441 e. The summed E-state index contributed by atoms with van der Waals surface area (Å²) in [6.45, 7) is 0. The zero-order chi connectivity index (χ0) is 14.5. The van der Waals surface area contributed by atoms with Gasteiger partial charge in [0.05, 0.1) is 6.07 Å². The highest BCUT2D eigenvalue weighted by Gasteiger charge is 2.05. The second-order valence-electron chi connectivity index (χ2n) is 4.22. The lowest BCUT2D eigenvalue weighted by Gasteiger charge is -2.07. The molecule has 0 aliphatic rings. The minimum absolute atomic E-state index is 0.177. The van der Waals surface area contributed by atoms with Crippen LogP contribution in [0.4, 0.5) is 0 Å². The highest BCUT2D eigenvalue weighted by molar-refractivity contribution is 5.31. The topological polar surface area (TPSA) is 64.2 Å². The van der Waals surface area contributed by atoms with Crippen molar-refractivity contribution in [3.05, 3.63) is 77.2 Å². The second kappa shape index (κ2) is 5.92. The third-order valence-corrected chi connectivity index (χ3v) is 2.63. The van der Waals surface area contributed by atoms with Gasteiger partial charge in [0.1, 0.15) is 11.5 Å². The molecule has 104 valence electrons. The van der Waals surface area contributed by atoms with E-state index in [1.807, 2.05) is 36.4 Å². The summed E-state index contributed by atoms with van der Waals surface area (Å²) < 4.78 is 11.1. The number of nitrogens with zero attached hydrogens (tertiary/aromatic N) is 1. The number of para-hydroxylation sites is 2. The van der Waals surface area contributed by atoms with Gasteiger partial charge in [-0.15, -0.1) is 0 Å². The first kappa shape index (κ1) is 12.9. The highest BCUT2D eigenvalue weighted by Crippen LogP contribution is 2.23. The Kier molecular flexibility index (Phi) is 3.64. The maximum atomic E-state index is 11.6. The van der Waals surface area contributed by atoms with E-state index in [0.717, 1.165) is 0 Å². The number of aromatic amines is 1. The van der Waals surface area contributed by atoms with Crippen LogP contribution in [-0.2, 0) is 0 Å². The number of nitrogens with one attached hydrogen (secondary N) is 1. The van der Waals surface area contributed by atoms with Gasteiger partial charge in [-0.3, -0.25) is 4.98 Å². The van der Waals surface area contributed by atoms with Crippen molar-refractivity contribution in [3.8, 4) is 23.3 Å². The molecule has 0 spiro atoms. The Hall–Kier alpha value is -3.08. The average Bonchev–Trinajstić information content (AvgIpc) is 2.48. The first-order chi connectivity index (χ1) is 10.3. The Morgan fingerprint density at radius 1 is 0.810 bits per heavy atom. The third-order valence-electron chi connectivity index (χ3n) is 2.63. The average molecular weight is 280 g/mol. The fraction of sp³-hybridized carbons (Fsp3) is 0. The maximum absolute atomic E-state index is 11.6. The maximum Gasteiger partial charge on any atom is 0.351 e. The molecule has 0 fully saturated rings. The summed E-state index contributed by atoms with van der Waals surface area (Å²) in [5.41, 5.74) is -0.533. The Morgan fingerprint density at radius 2 is 1.38 bits per heavy atom. The molecule has 0 bridgehead atoms. The van der Waals surface area contributed by atoms with Crippen LogP contribution in [0.2, 0.25) is 0 Å². The van der Waals surface area contributed by atoms with E-state index in [1.54, 1.807) is 24.3 Å². The van der Waals surface area contributed by atoms with Gasteiger partial charge in [-0.05, 0) is 24.3 Å². The van der Waals surface area contributed by atoms with Gasteiger partial charge in [-0.25, -0.2) is 4.79 Å². The van der Waals surface area contributed by atoms with Crippen molar-refractivity contribution in [2.24, 2.45) is 0 Å². The van der Waals surface area contributed by atoms with E-state index >= 15 is 0 Å². The number of H-pyrrole nitrogens is 1. The van der Waals surface area contributed by atoms with Gasteiger partial charge in [0, 0.05) is 0 Å². The standard InChI is InChI=1S/C16H12N2O3/c19-16-17-14(20-12-7-3-1-4-8-12)11-15(18-16)21-13-9-5-2-6-10-13/h1-11H,(H,17,18,19). The number of hydrogen-bond donors (Lipinski definition) is 1. The summed E-state index contributed by atoms with van der Waals surface area (Å²) in [4.78, 5) is 17.8. The quantitative estimate of drug-likeness (QED) is 0.796. The molecule has 21 heavy (non-hydrogen) atoms. The van der Waals surface area contributed by atoms with E-state index in [1.165, 1.54) is 6.07 Å². The van der Waals surface area contributed by atoms with Crippen molar-refractivity contribution in [3.63, 3.8) is 0 Å². The number of hydrogen-bond acceptors (Lipinski definition) is 4. The van der Waals surface area contributed by atoms with Gasteiger partial charge >= 0.3 is 5.69 Å². The summed E-state index contributed by atoms with van der Waals surface area (Å²) in [6.07, 6.45) is 0. The third kappa shape index (κ3) is 3.48. The van der Waals surface area contributed by atoms with Crippen LogP contribution in [0.25, 0.3) is 0 Å². The number of rotatable bonds is 4. The van der Waals surface area contributed by atoms with Gasteiger partial charge in [-0.2, -0.15) is 4.98 Å². The molecule has 0 unspecified atom stereocenters. The van der Waals surface area contributed by atoms with Crippen molar-refractivity contribution < 1.29 is 9.47 Å². The molecule has 3 aromatic rings. The molecular formula is C16H12N2O3. The summed E-state index contributed by atoms with van der Waals surface area (Å²) >= 11 is 0. The Morgan fingerprint density at radius 3 is 2.00 bits per heavy atom. The SMILES string of the molecule is O=c1nc(Oc2ccccc2)cc(Oc2ccccc2)[nH]1. The molecule has 0 aliphatic heterocycles. The molecule has 3 rings (SSSR count). The smallest absolute Gasteiger partial charge is 0.351 e. The van der Waals surface area contributed by atoms with E-state index in [0.29, 0.717) is 11.5 Å². The van der Waals surface area contributed by atoms with E-state index in [-0.39, 0.29) is 11.8 Å². The lowest BCUT2D eigenvalue weighted by molar-refractivity contribution is 0.430. The van der Waals surface area contributed by atoms with Gasteiger partial charge in [0.2, 0.25) is 11.8 Å². The van der Waals surface area contributed by atoms with E-state index in [4.69, 9.17) is 9.47 Å². The van der Waals surface area contributed by atoms with E-state index in [2.05, 4.69) is 9.97 Å². The van der Waals surface area contributed by atoms with Crippen molar-refractivity contribution in [1.29, 1.82) is 0 Å². The van der Waals surface area contributed by atoms with Crippen molar-refractivity contribution in [1.82, 2.24) is 9.97 Å². The molecule has 0 amide bonds. The van der Waals surface area contributed by atoms with Crippen LogP contribution in [0.5, 0.6) is 23.3 Å². The molecule has 5 nitrogen and oxygen atoms in total. The first-order valence-electron chi connectivity index (χ1n) is 6.37. The lowest BCUT2D eigenvalue weighted by Crippen LogP contribution is -2.11. The van der Waals surface area contributed by atoms with Crippen molar-refractivity contribution in [2.45, 2.75) is 0 Å². The zero-order valence-electron chi connectivity index (χ0n) is 11.0. The lowest BCUT2D eigenvalue weighted by atomic mass is 10.3. The molecule has 0 atom stereocenters. The van der Waals surface area contributed by atoms with Crippen LogP contribution >= 0.6 is 0 Å².